The highest BCUT2D eigenvalue weighted by atomic mass is 32.1. The van der Waals surface area contributed by atoms with Gasteiger partial charge in [0.15, 0.2) is 0 Å². The number of carboxylic acid groups (broad SMARTS) is 1. The second kappa shape index (κ2) is 3.80. The lowest BCUT2D eigenvalue weighted by Gasteiger charge is -2.38. The number of hydrogen-bond acceptors (Lipinski definition) is 5. The minimum atomic E-state index is -0.919. The van der Waals surface area contributed by atoms with E-state index in [1.807, 2.05) is 0 Å². The average molecular weight is 240 g/mol. The van der Waals surface area contributed by atoms with Crippen LogP contribution in [0.25, 0.3) is 0 Å². The van der Waals surface area contributed by atoms with Crippen molar-refractivity contribution < 1.29 is 14.6 Å². The van der Waals surface area contributed by atoms with Gasteiger partial charge in [-0.3, -0.25) is 4.90 Å². The monoisotopic (exact) mass is 240 g/mol. The minimum absolute atomic E-state index is 0.219. The third-order valence-corrected chi connectivity index (χ3v) is 4.15. The number of rotatable bonds is 2. The number of nitrogens with zero attached hydrogens (tertiary/aromatic N) is 2. The van der Waals surface area contributed by atoms with Crippen LogP contribution >= 0.6 is 11.3 Å². The first-order valence-corrected chi connectivity index (χ1v) is 6.09. The van der Waals surface area contributed by atoms with E-state index in [1.165, 1.54) is 11.3 Å². The van der Waals surface area contributed by atoms with Crippen LogP contribution in [0.2, 0.25) is 0 Å². The van der Waals surface area contributed by atoms with E-state index < -0.39 is 5.97 Å². The van der Waals surface area contributed by atoms with Crippen molar-refractivity contribution in [1.29, 1.82) is 0 Å². The Balaban J connectivity index is 1.79. The van der Waals surface area contributed by atoms with Crippen molar-refractivity contribution >= 4 is 17.3 Å². The molecule has 86 valence electrons. The first-order chi connectivity index (χ1) is 7.74. The molecule has 2 aliphatic heterocycles. The van der Waals surface area contributed by atoms with E-state index in [-0.39, 0.29) is 5.01 Å². The lowest BCUT2D eigenvalue weighted by Crippen LogP contribution is -2.50. The van der Waals surface area contributed by atoms with E-state index in [9.17, 15) is 4.79 Å². The molecule has 0 amide bonds. The summed E-state index contributed by atoms with van der Waals surface area (Å²) in [6, 6.07) is 0.517. The molecule has 0 radical (unpaired) electrons. The molecule has 6 heteroatoms. The molecule has 0 aliphatic carbocycles. The Morgan fingerprint density at radius 1 is 1.56 bits per heavy atom. The molecule has 3 heterocycles. The molecule has 0 atom stereocenters. The van der Waals surface area contributed by atoms with Crippen LogP contribution in [0.3, 0.4) is 0 Å². The molecular formula is C10H12N2O3S. The second-order valence-corrected chi connectivity index (χ2v) is 5.19. The summed E-state index contributed by atoms with van der Waals surface area (Å²) in [7, 11) is 0. The number of carbonyl (C=O) groups is 1. The van der Waals surface area contributed by atoms with Crippen molar-refractivity contribution in [2.24, 2.45) is 0 Å². The highest BCUT2D eigenvalue weighted by Crippen LogP contribution is 2.27. The van der Waals surface area contributed by atoms with Gasteiger partial charge in [0.1, 0.15) is 0 Å². The summed E-state index contributed by atoms with van der Waals surface area (Å²) in [5, 5.41) is 9.10. The highest BCUT2D eigenvalue weighted by molar-refractivity contribution is 7.13. The fraction of sp³-hybridized carbons (Fsp3) is 0.600. The van der Waals surface area contributed by atoms with Gasteiger partial charge < -0.3 is 9.84 Å². The average Bonchev–Trinajstić information content (AvgIpc) is 2.57. The number of thiazole rings is 1. The Hall–Kier alpha value is -0.980. The number of carboxylic acids is 1. The first-order valence-electron chi connectivity index (χ1n) is 5.27. The maximum absolute atomic E-state index is 10.8. The summed E-state index contributed by atoms with van der Waals surface area (Å²) >= 11 is 1.31. The Bertz CT molecular complexity index is 428. The van der Waals surface area contributed by atoms with Gasteiger partial charge in [-0.15, -0.1) is 11.3 Å². The van der Waals surface area contributed by atoms with Crippen LogP contribution in [-0.4, -0.2) is 46.8 Å². The van der Waals surface area contributed by atoms with E-state index in [2.05, 4.69) is 9.88 Å². The van der Waals surface area contributed by atoms with E-state index in [0.717, 1.165) is 43.3 Å². The van der Waals surface area contributed by atoms with E-state index >= 15 is 0 Å². The van der Waals surface area contributed by atoms with Gasteiger partial charge >= 0.3 is 5.97 Å². The standard InChI is InChI=1S/C10H12N2O3S/c13-10(14)9-11-7-1-2-12(3-8(7)16-9)6-4-15-5-6/h6H,1-5H2,(H,13,14). The predicted molar refractivity (Wildman–Crippen MR) is 57.8 cm³/mol. The number of hydrogen-bond donors (Lipinski definition) is 1. The van der Waals surface area contributed by atoms with Gasteiger partial charge in [-0.2, -0.15) is 0 Å². The molecule has 0 spiro atoms. The van der Waals surface area contributed by atoms with Crippen LogP contribution in [0.15, 0.2) is 0 Å². The molecule has 0 unspecified atom stereocenters. The molecular weight excluding hydrogens is 228 g/mol. The molecule has 1 fully saturated rings. The largest absolute Gasteiger partial charge is 0.476 e. The molecule has 0 aromatic carbocycles. The molecule has 3 rings (SSSR count). The summed E-state index contributed by atoms with van der Waals surface area (Å²) in [6.07, 6.45) is 0.857. The SMILES string of the molecule is O=C(O)c1nc2c(s1)CN(C1COC1)CC2. The third-order valence-electron chi connectivity index (χ3n) is 3.08. The topological polar surface area (TPSA) is 62.7 Å². The van der Waals surface area contributed by atoms with Gasteiger partial charge in [-0.05, 0) is 0 Å². The lowest BCUT2D eigenvalue weighted by molar-refractivity contribution is -0.0692. The predicted octanol–water partition coefficient (Wildman–Crippen LogP) is 0.598. The fourth-order valence-corrected chi connectivity index (χ4v) is 3.02. The van der Waals surface area contributed by atoms with Gasteiger partial charge in [0, 0.05) is 24.4 Å². The van der Waals surface area contributed by atoms with Crippen molar-refractivity contribution in [3.05, 3.63) is 15.6 Å². The zero-order valence-electron chi connectivity index (χ0n) is 8.68. The third kappa shape index (κ3) is 1.63. The van der Waals surface area contributed by atoms with E-state index in [0.29, 0.717) is 6.04 Å². The van der Waals surface area contributed by atoms with Crippen LogP contribution in [-0.2, 0) is 17.7 Å². The molecule has 5 nitrogen and oxygen atoms in total. The van der Waals surface area contributed by atoms with Crippen LogP contribution in [0.4, 0.5) is 0 Å². The van der Waals surface area contributed by atoms with Crippen LogP contribution < -0.4 is 0 Å². The molecule has 0 bridgehead atoms. The first kappa shape index (κ1) is 10.2. The Kier molecular flexibility index (Phi) is 2.42. The fourth-order valence-electron chi connectivity index (χ4n) is 2.05. The van der Waals surface area contributed by atoms with Gasteiger partial charge in [0.2, 0.25) is 5.01 Å². The van der Waals surface area contributed by atoms with Gasteiger partial charge in [-0.25, -0.2) is 9.78 Å². The molecule has 1 saturated heterocycles. The molecule has 1 N–H and O–H groups in total. The van der Waals surface area contributed by atoms with Crippen LogP contribution in [0.1, 0.15) is 20.4 Å². The molecule has 1 aromatic heterocycles. The Morgan fingerprint density at radius 3 is 3.00 bits per heavy atom. The van der Waals surface area contributed by atoms with Crippen molar-refractivity contribution in [2.45, 2.75) is 19.0 Å². The number of aromatic carboxylic acids is 1. The summed E-state index contributed by atoms with van der Waals surface area (Å²) in [6.45, 7) is 3.40. The van der Waals surface area contributed by atoms with Gasteiger partial charge in [0.25, 0.3) is 0 Å². The second-order valence-electron chi connectivity index (χ2n) is 4.11. The highest BCUT2D eigenvalue weighted by Gasteiger charge is 2.30. The minimum Gasteiger partial charge on any atom is -0.476 e. The van der Waals surface area contributed by atoms with E-state index in [4.69, 9.17) is 9.84 Å². The van der Waals surface area contributed by atoms with Gasteiger partial charge in [-0.1, -0.05) is 0 Å². The van der Waals surface area contributed by atoms with Crippen LogP contribution in [0.5, 0.6) is 0 Å². The lowest BCUT2D eigenvalue weighted by atomic mass is 10.1. The van der Waals surface area contributed by atoms with Gasteiger partial charge in [0.05, 0.1) is 24.9 Å². The summed E-state index contributed by atoms with van der Waals surface area (Å²) < 4.78 is 5.17. The quantitative estimate of drug-likeness (QED) is 0.820. The summed E-state index contributed by atoms with van der Waals surface area (Å²) in [5.74, 6) is -0.919. The zero-order chi connectivity index (χ0) is 11.1. The Labute approximate surface area is 96.7 Å². The van der Waals surface area contributed by atoms with E-state index in [1.54, 1.807) is 0 Å². The number of ether oxygens (including phenoxy) is 1. The number of fused-ring (bicyclic) bond motifs is 1. The normalized spacial score (nSPS) is 21.5. The molecule has 2 aliphatic rings. The van der Waals surface area contributed by atoms with Crippen molar-refractivity contribution in [1.82, 2.24) is 9.88 Å². The van der Waals surface area contributed by atoms with Crippen molar-refractivity contribution in [3.63, 3.8) is 0 Å². The van der Waals surface area contributed by atoms with Crippen molar-refractivity contribution in [2.75, 3.05) is 19.8 Å². The molecule has 1 aromatic rings. The smallest absolute Gasteiger partial charge is 0.365 e. The number of aromatic nitrogens is 1. The van der Waals surface area contributed by atoms with Crippen LogP contribution in [0, 0.1) is 0 Å². The summed E-state index contributed by atoms with van der Waals surface area (Å²) in [5.41, 5.74) is 0.971. The maximum atomic E-state index is 10.8. The maximum Gasteiger partial charge on any atom is 0.365 e. The molecule has 0 saturated carbocycles. The summed E-state index contributed by atoms with van der Waals surface area (Å²) in [4.78, 5) is 18.4. The molecule has 16 heavy (non-hydrogen) atoms. The van der Waals surface area contributed by atoms with Crippen molar-refractivity contribution in [3.8, 4) is 0 Å². The zero-order valence-corrected chi connectivity index (χ0v) is 9.50. The Morgan fingerprint density at radius 2 is 2.38 bits per heavy atom.